The van der Waals surface area contributed by atoms with Crippen LogP contribution in [-0.2, 0) is 6.42 Å². The first-order chi connectivity index (χ1) is 7.99. The van der Waals surface area contributed by atoms with Crippen LogP contribution in [0, 0.1) is 25.7 Å². The van der Waals surface area contributed by atoms with Gasteiger partial charge < -0.3 is 10.5 Å². The Kier molecular flexibility index (Phi) is 5.01. The first kappa shape index (κ1) is 14.0. The lowest BCUT2D eigenvalue weighted by Gasteiger charge is -2.21. The highest BCUT2D eigenvalue weighted by molar-refractivity contribution is 5.42. The van der Waals surface area contributed by atoms with Crippen molar-refractivity contribution >= 4 is 0 Å². The van der Waals surface area contributed by atoms with Crippen LogP contribution < -0.4 is 10.5 Å². The zero-order valence-corrected chi connectivity index (χ0v) is 11.7. The van der Waals surface area contributed by atoms with Crippen molar-refractivity contribution in [2.45, 2.75) is 34.1 Å². The molecule has 0 aliphatic rings. The summed E-state index contributed by atoms with van der Waals surface area (Å²) in [5, 5.41) is 0. The first-order valence-electron chi connectivity index (χ1n) is 6.33. The molecule has 2 heteroatoms. The van der Waals surface area contributed by atoms with Gasteiger partial charge in [0.15, 0.2) is 0 Å². The van der Waals surface area contributed by atoms with Crippen LogP contribution in [-0.4, -0.2) is 13.7 Å². The normalized spacial score (nSPS) is 12.9. The predicted molar refractivity (Wildman–Crippen MR) is 73.6 cm³/mol. The monoisotopic (exact) mass is 235 g/mol. The maximum absolute atomic E-state index is 5.84. The van der Waals surface area contributed by atoms with E-state index in [-0.39, 0.29) is 0 Å². The molecule has 1 aromatic carbocycles. The second-order valence-corrected chi connectivity index (χ2v) is 5.19. The minimum Gasteiger partial charge on any atom is -0.496 e. The van der Waals surface area contributed by atoms with Crippen molar-refractivity contribution in [1.82, 2.24) is 0 Å². The minimum atomic E-state index is 0.519. The molecule has 1 aromatic rings. The average Bonchev–Trinajstić information content (AvgIpc) is 2.29. The Balaban J connectivity index is 3.00. The fraction of sp³-hybridized carbons (Fsp3) is 0.600. The smallest absolute Gasteiger partial charge is 0.122 e. The van der Waals surface area contributed by atoms with Gasteiger partial charge in [0.1, 0.15) is 5.75 Å². The van der Waals surface area contributed by atoms with E-state index in [2.05, 4.69) is 39.8 Å². The van der Waals surface area contributed by atoms with Gasteiger partial charge in [-0.25, -0.2) is 0 Å². The summed E-state index contributed by atoms with van der Waals surface area (Å²) >= 11 is 0. The summed E-state index contributed by atoms with van der Waals surface area (Å²) in [6.07, 6.45) is 0.998. The Labute approximate surface area is 105 Å². The van der Waals surface area contributed by atoms with Crippen LogP contribution in [0.2, 0.25) is 0 Å². The van der Waals surface area contributed by atoms with E-state index in [0.717, 1.165) is 18.7 Å². The molecule has 0 saturated heterocycles. The average molecular weight is 235 g/mol. The molecule has 1 atom stereocenters. The van der Waals surface area contributed by atoms with E-state index < -0.39 is 0 Å². The van der Waals surface area contributed by atoms with Crippen molar-refractivity contribution in [2.75, 3.05) is 13.7 Å². The zero-order valence-electron chi connectivity index (χ0n) is 11.7. The van der Waals surface area contributed by atoms with Crippen molar-refractivity contribution in [1.29, 1.82) is 0 Å². The molecule has 0 radical (unpaired) electrons. The molecule has 0 aliphatic heterocycles. The highest BCUT2D eigenvalue weighted by Crippen LogP contribution is 2.27. The van der Waals surface area contributed by atoms with Gasteiger partial charge in [0.25, 0.3) is 0 Å². The van der Waals surface area contributed by atoms with Gasteiger partial charge in [0.05, 0.1) is 7.11 Å². The molecule has 2 nitrogen and oxygen atoms in total. The molecule has 1 unspecified atom stereocenters. The van der Waals surface area contributed by atoms with E-state index in [1.165, 1.54) is 16.7 Å². The Morgan fingerprint density at radius 3 is 2.24 bits per heavy atom. The van der Waals surface area contributed by atoms with Gasteiger partial charge >= 0.3 is 0 Å². The number of rotatable bonds is 5. The first-order valence-corrected chi connectivity index (χ1v) is 6.33. The third-order valence-corrected chi connectivity index (χ3v) is 3.62. The lowest BCUT2D eigenvalue weighted by Crippen LogP contribution is -2.22. The predicted octanol–water partition coefficient (Wildman–Crippen LogP) is 3.09. The summed E-state index contributed by atoms with van der Waals surface area (Å²) in [7, 11) is 1.74. The molecule has 96 valence electrons. The fourth-order valence-electron chi connectivity index (χ4n) is 2.07. The van der Waals surface area contributed by atoms with Gasteiger partial charge in [-0.15, -0.1) is 0 Å². The van der Waals surface area contributed by atoms with Gasteiger partial charge in [-0.3, -0.25) is 0 Å². The third-order valence-electron chi connectivity index (χ3n) is 3.62. The lowest BCUT2D eigenvalue weighted by molar-refractivity contribution is 0.373. The van der Waals surface area contributed by atoms with Crippen LogP contribution in [0.4, 0.5) is 0 Å². The minimum absolute atomic E-state index is 0.519. The van der Waals surface area contributed by atoms with Crippen LogP contribution in [0.5, 0.6) is 5.75 Å². The number of hydrogen-bond acceptors (Lipinski definition) is 2. The van der Waals surface area contributed by atoms with Crippen molar-refractivity contribution < 1.29 is 4.74 Å². The molecule has 0 amide bonds. The summed E-state index contributed by atoms with van der Waals surface area (Å²) in [5.41, 5.74) is 9.71. The van der Waals surface area contributed by atoms with E-state index in [4.69, 9.17) is 10.5 Å². The van der Waals surface area contributed by atoms with E-state index in [1.54, 1.807) is 7.11 Å². The molecule has 0 aromatic heterocycles. The number of nitrogens with two attached hydrogens (primary N) is 1. The summed E-state index contributed by atoms with van der Waals surface area (Å²) in [6, 6.07) is 4.36. The molecule has 0 aliphatic carbocycles. The van der Waals surface area contributed by atoms with Crippen LogP contribution in [0.1, 0.15) is 30.5 Å². The van der Waals surface area contributed by atoms with Crippen LogP contribution in [0.25, 0.3) is 0 Å². The number of hydrogen-bond donors (Lipinski definition) is 1. The Morgan fingerprint density at radius 2 is 1.76 bits per heavy atom. The molecule has 0 saturated carbocycles. The van der Waals surface area contributed by atoms with Gasteiger partial charge in [-0.05, 0) is 61.4 Å². The molecule has 0 spiro atoms. The molecule has 0 bridgehead atoms. The maximum Gasteiger partial charge on any atom is 0.122 e. The Bertz CT molecular complexity index is 371. The number of aryl methyl sites for hydroxylation is 2. The maximum atomic E-state index is 5.84. The largest absolute Gasteiger partial charge is 0.496 e. The standard InChI is InChI=1S/C15H25NO/c1-10(2)14(9-16)8-13-6-11(3)12(4)7-15(13)17-5/h6-7,10,14H,8-9,16H2,1-5H3. The Hall–Kier alpha value is -1.02. The molecule has 0 heterocycles. The van der Waals surface area contributed by atoms with Gasteiger partial charge in [0.2, 0.25) is 0 Å². The molecule has 17 heavy (non-hydrogen) atoms. The quantitative estimate of drug-likeness (QED) is 0.851. The summed E-state index contributed by atoms with van der Waals surface area (Å²) < 4.78 is 5.47. The third kappa shape index (κ3) is 3.47. The van der Waals surface area contributed by atoms with Gasteiger partial charge in [-0.1, -0.05) is 19.9 Å². The topological polar surface area (TPSA) is 35.2 Å². The molecular weight excluding hydrogens is 210 g/mol. The summed E-state index contributed by atoms with van der Waals surface area (Å²) in [6.45, 7) is 9.44. The summed E-state index contributed by atoms with van der Waals surface area (Å²) in [5.74, 6) is 2.12. The second kappa shape index (κ2) is 6.06. The van der Waals surface area contributed by atoms with Gasteiger partial charge in [-0.2, -0.15) is 0 Å². The van der Waals surface area contributed by atoms with E-state index in [1.807, 2.05) is 0 Å². The van der Waals surface area contributed by atoms with Crippen molar-refractivity contribution in [3.63, 3.8) is 0 Å². The van der Waals surface area contributed by atoms with E-state index >= 15 is 0 Å². The summed E-state index contributed by atoms with van der Waals surface area (Å²) in [4.78, 5) is 0. The fourth-order valence-corrected chi connectivity index (χ4v) is 2.07. The molecule has 1 rings (SSSR count). The molecule has 2 N–H and O–H groups in total. The van der Waals surface area contributed by atoms with E-state index in [0.29, 0.717) is 11.8 Å². The number of benzene rings is 1. The van der Waals surface area contributed by atoms with Gasteiger partial charge in [0, 0.05) is 0 Å². The van der Waals surface area contributed by atoms with Crippen LogP contribution in [0.15, 0.2) is 12.1 Å². The SMILES string of the molecule is COc1cc(C)c(C)cc1CC(CN)C(C)C. The Morgan fingerprint density at radius 1 is 1.18 bits per heavy atom. The lowest BCUT2D eigenvalue weighted by atomic mass is 9.88. The number of methoxy groups -OCH3 is 1. The van der Waals surface area contributed by atoms with Crippen LogP contribution in [0.3, 0.4) is 0 Å². The van der Waals surface area contributed by atoms with Crippen LogP contribution >= 0.6 is 0 Å². The second-order valence-electron chi connectivity index (χ2n) is 5.19. The molecular formula is C15H25NO. The molecule has 0 fully saturated rings. The highest BCUT2D eigenvalue weighted by Gasteiger charge is 2.15. The van der Waals surface area contributed by atoms with Crippen molar-refractivity contribution in [2.24, 2.45) is 17.6 Å². The zero-order chi connectivity index (χ0) is 13.0. The van der Waals surface area contributed by atoms with Crippen molar-refractivity contribution in [3.05, 3.63) is 28.8 Å². The number of ether oxygens (including phenoxy) is 1. The van der Waals surface area contributed by atoms with E-state index in [9.17, 15) is 0 Å². The highest BCUT2D eigenvalue weighted by atomic mass is 16.5. The van der Waals surface area contributed by atoms with Crippen molar-refractivity contribution in [3.8, 4) is 5.75 Å².